The second kappa shape index (κ2) is 7.01. The highest BCUT2D eigenvalue weighted by molar-refractivity contribution is 4.99. The molecule has 19 heavy (non-hydrogen) atoms. The number of rotatable bonds is 6. The zero-order chi connectivity index (χ0) is 13.7. The molecule has 0 radical (unpaired) electrons. The van der Waals surface area contributed by atoms with Crippen molar-refractivity contribution < 1.29 is 4.52 Å². The van der Waals surface area contributed by atoms with E-state index in [1.165, 1.54) is 32.1 Å². The van der Waals surface area contributed by atoms with Crippen LogP contribution in [0.1, 0.15) is 69.6 Å². The Bertz CT molecular complexity index is 369. The summed E-state index contributed by atoms with van der Waals surface area (Å²) in [4.78, 5) is 6.81. The van der Waals surface area contributed by atoms with Gasteiger partial charge >= 0.3 is 0 Å². The van der Waals surface area contributed by atoms with Crippen molar-refractivity contribution >= 4 is 0 Å². The number of hydrogen-bond donors (Lipinski definition) is 1. The Hall–Kier alpha value is -0.940. The SMILES string of the molecule is CCN(CC)CC(N)c1noc(C2CCCCC2)n1. The standard InChI is InChI=1S/C14H26N4O/c1-3-18(4-2)10-12(15)13-16-14(19-17-13)11-8-6-5-7-9-11/h11-12H,3-10,15H2,1-2H3. The predicted molar refractivity (Wildman–Crippen MR) is 74.8 cm³/mol. The van der Waals surface area contributed by atoms with E-state index in [-0.39, 0.29) is 6.04 Å². The summed E-state index contributed by atoms with van der Waals surface area (Å²) in [5.41, 5.74) is 6.16. The Labute approximate surface area is 115 Å². The third kappa shape index (κ3) is 3.76. The van der Waals surface area contributed by atoms with Crippen LogP contribution in [-0.4, -0.2) is 34.7 Å². The zero-order valence-electron chi connectivity index (χ0n) is 12.1. The first-order valence-corrected chi connectivity index (χ1v) is 7.56. The van der Waals surface area contributed by atoms with Gasteiger partial charge in [-0.15, -0.1) is 0 Å². The van der Waals surface area contributed by atoms with Gasteiger partial charge in [0.15, 0.2) is 5.82 Å². The van der Waals surface area contributed by atoms with Gasteiger partial charge in [0, 0.05) is 12.5 Å². The monoisotopic (exact) mass is 266 g/mol. The van der Waals surface area contributed by atoms with Crippen molar-refractivity contribution in [3.05, 3.63) is 11.7 Å². The Morgan fingerprint density at radius 1 is 1.26 bits per heavy atom. The van der Waals surface area contributed by atoms with E-state index in [0.29, 0.717) is 11.7 Å². The summed E-state index contributed by atoms with van der Waals surface area (Å²) in [5.74, 6) is 1.91. The second-order valence-corrected chi connectivity index (χ2v) is 5.42. The zero-order valence-corrected chi connectivity index (χ0v) is 12.1. The minimum absolute atomic E-state index is 0.152. The van der Waals surface area contributed by atoms with Crippen LogP contribution in [0.2, 0.25) is 0 Å². The molecule has 1 saturated carbocycles. The molecule has 1 unspecified atom stereocenters. The quantitative estimate of drug-likeness (QED) is 0.856. The van der Waals surface area contributed by atoms with E-state index in [2.05, 4.69) is 28.9 Å². The van der Waals surface area contributed by atoms with E-state index in [9.17, 15) is 0 Å². The summed E-state index contributed by atoms with van der Waals surface area (Å²) in [6.07, 6.45) is 6.22. The molecular weight excluding hydrogens is 240 g/mol. The molecular formula is C14H26N4O. The Morgan fingerprint density at radius 2 is 1.95 bits per heavy atom. The van der Waals surface area contributed by atoms with Crippen LogP contribution in [0.3, 0.4) is 0 Å². The average Bonchev–Trinajstić information content (AvgIpc) is 2.95. The van der Waals surface area contributed by atoms with Gasteiger partial charge in [-0.3, -0.25) is 0 Å². The van der Waals surface area contributed by atoms with Crippen molar-refractivity contribution in [2.75, 3.05) is 19.6 Å². The third-order valence-corrected chi connectivity index (χ3v) is 4.09. The van der Waals surface area contributed by atoms with E-state index in [4.69, 9.17) is 10.3 Å². The van der Waals surface area contributed by atoms with Crippen molar-refractivity contribution in [1.29, 1.82) is 0 Å². The van der Waals surface area contributed by atoms with Crippen molar-refractivity contribution in [3.8, 4) is 0 Å². The molecule has 5 nitrogen and oxygen atoms in total. The smallest absolute Gasteiger partial charge is 0.229 e. The number of likely N-dealkylation sites (N-methyl/N-ethyl adjacent to an activating group) is 1. The summed E-state index contributed by atoms with van der Waals surface area (Å²) in [5, 5.41) is 4.08. The minimum Gasteiger partial charge on any atom is -0.339 e. The normalized spacial score (nSPS) is 18.9. The van der Waals surface area contributed by atoms with Crippen LogP contribution in [0.25, 0.3) is 0 Å². The van der Waals surface area contributed by atoms with Gasteiger partial charge in [-0.05, 0) is 25.9 Å². The molecule has 1 heterocycles. The van der Waals surface area contributed by atoms with Crippen molar-refractivity contribution in [2.24, 2.45) is 5.73 Å². The maximum atomic E-state index is 6.16. The van der Waals surface area contributed by atoms with Gasteiger partial charge in [-0.1, -0.05) is 38.3 Å². The molecule has 1 aliphatic carbocycles. The van der Waals surface area contributed by atoms with Crippen LogP contribution in [0.5, 0.6) is 0 Å². The summed E-state index contributed by atoms with van der Waals surface area (Å²) < 4.78 is 5.41. The molecule has 0 spiro atoms. The lowest BCUT2D eigenvalue weighted by atomic mass is 9.89. The lowest BCUT2D eigenvalue weighted by Gasteiger charge is -2.20. The first-order valence-electron chi connectivity index (χ1n) is 7.56. The van der Waals surface area contributed by atoms with Crippen LogP contribution in [-0.2, 0) is 0 Å². The van der Waals surface area contributed by atoms with Gasteiger partial charge in [0.2, 0.25) is 5.89 Å². The molecule has 2 rings (SSSR count). The van der Waals surface area contributed by atoms with E-state index >= 15 is 0 Å². The first kappa shape index (κ1) is 14.5. The number of nitrogens with zero attached hydrogens (tertiary/aromatic N) is 3. The molecule has 0 bridgehead atoms. The average molecular weight is 266 g/mol. The molecule has 5 heteroatoms. The van der Waals surface area contributed by atoms with Gasteiger partial charge in [0.1, 0.15) is 0 Å². The number of aromatic nitrogens is 2. The van der Waals surface area contributed by atoms with Crippen molar-refractivity contribution in [3.63, 3.8) is 0 Å². The van der Waals surface area contributed by atoms with Crippen LogP contribution in [0, 0.1) is 0 Å². The predicted octanol–water partition coefficient (Wildman–Crippen LogP) is 2.46. The van der Waals surface area contributed by atoms with Gasteiger partial charge < -0.3 is 15.2 Å². The molecule has 1 aliphatic rings. The molecule has 0 amide bonds. The van der Waals surface area contributed by atoms with Crippen molar-refractivity contribution in [2.45, 2.75) is 57.9 Å². The van der Waals surface area contributed by atoms with Crippen LogP contribution < -0.4 is 5.73 Å². The third-order valence-electron chi connectivity index (χ3n) is 4.09. The van der Waals surface area contributed by atoms with Gasteiger partial charge in [0.05, 0.1) is 6.04 Å². The van der Waals surface area contributed by atoms with E-state index in [1.54, 1.807) is 0 Å². The van der Waals surface area contributed by atoms with Crippen molar-refractivity contribution in [1.82, 2.24) is 15.0 Å². The maximum absolute atomic E-state index is 6.16. The summed E-state index contributed by atoms with van der Waals surface area (Å²) in [6.45, 7) is 7.06. The molecule has 0 aliphatic heterocycles. The second-order valence-electron chi connectivity index (χ2n) is 5.42. The van der Waals surface area contributed by atoms with Gasteiger partial charge in [0.25, 0.3) is 0 Å². The Morgan fingerprint density at radius 3 is 2.58 bits per heavy atom. The lowest BCUT2D eigenvalue weighted by molar-refractivity contribution is 0.275. The highest BCUT2D eigenvalue weighted by Crippen LogP contribution is 2.31. The molecule has 0 saturated heterocycles. The van der Waals surface area contributed by atoms with Crippen LogP contribution in [0.4, 0.5) is 0 Å². The Balaban J connectivity index is 1.95. The highest BCUT2D eigenvalue weighted by atomic mass is 16.5. The Kier molecular flexibility index (Phi) is 5.34. The summed E-state index contributed by atoms with van der Waals surface area (Å²) >= 11 is 0. The maximum Gasteiger partial charge on any atom is 0.229 e. The fourth-order valence-corrected chi connectivity index (χ4v) is 2.75. The first-order chi connectivity index (χ1) is 9.24. The topological polar surface area (TPSA) is 68.2 Å². The molecule has 1 aromatic heterocycles. The van der Waals surface area contributed by atoms with Crippen LogP contribution >= 0.6 is 0 Å². The molecule has 1 aromatic rings. The molecule has 1 atom stereocenters. The summed E-state index contributed by atoms with van der Waals surface area (Å²) in [6, 6.07) is -0.152. The molecule has 2 N–H and O–H groups in total. The van der Waals surface area contributed by atoms with Gasteiger partial charge in [-0.25, -0.2) is 0 Å². The highest BCUT2D eigenvalue weighted by Gasteiger charge is 2.23. The number of nitrogens with two attached hydrogens (primary N) is 1. The van der Waals surface area contributed by atoms with E-state index in [0.717, 1.165) is 25.5 Å². The molecule has 0 aromatic carbocycles. The molecule has 108 valence electrons. The number of hydrogen-bond acceptors (Lipinski definition) is 5. The fraction of sp³-hybridized carbons (Fsp3) is 0.857. The fourth-order valence-electron chi connectivity index (χ4n) is 2.75. The molecule has 1 fully saturated rings. The summed E-state index contributed by atoms with van der Waals surface area (Å²) in [7, 11) is 0. The van der Waals surface area contributed by atoms with Gasteiger partial charge in [-0.2, -0.15) is 4.98 Å². The minimum atomic E-state index is -0.152. The lowest BCUT2D eigenvalue weighted by Crippen LogP contribution is -2.32. The van der Waals surface area contributed by atoms with Crippen LogP contribution in [0.15, 0.2) is 4.52 Å². The van der Waals surface area contributed by atoms with E-state index in [1.807, 2.05) is 0 Å². The largest absolute Gasteiger partial charge is 0.339 e. The van der Waals surface area contributed by atoms with E-state index < -0.39 is 0 Å².